The predicted octanol–water partition coefficient (Wildman–Crippen LogP) is 3.11. The molecule has 1 saturated carbocycles. The molecule has 0 aromatic heterocycles. The molecule has 18 heavy (non-hydrogen) atoms. The lowest BCUT2D eigenvalue weighted by Crippen LogP contribution is -2.30. The van der Waals surface area contributed by atoms with E-state index in [2.05, 4.69) is 0 Å². The minimum atomic E-state index is -4.30. The second kappa shape index (κ2) is 4.19. The van der Waals surface area contributed by atoms with Crippen molar-refractivity contribution in [3.05, 3.63) is 29.8 Å². The summed E-state index contributed by atoms with van der Waals surface area (Å²) in [7, 11) is 0. The second-order valence-corrected chi connectivity index (χ2v) is 4.37. The van der Waals surface area contributed by atoms with Crippen molar-refractivity contribution >= 4 is 5.97 Å². The minimum absolute atomic E-state index is 0.0273. The van der Waals surface area contributed by atoms with Crippen molar-refractivity contribution in [3.8, 4) is 5.75 Å². The molecule has 0 radical (unpaired) electrons. The number of aromatic carboxylic acids is 1. The number of carbonyl (C=O) groups is 1. The van der Waals surface area contributed by atoms with Gasteiger partial charge < -0.3 is 9.84 Å². The maximum Gasteiger partial charge on any atom is 0.397 e. The lowest BCUT2D eigenvalue weighted by Gasteiger charge is -2.20. The van der Waals surface area contributed by atoms with E-state index in [1.807, 2.05) is 0 Å². The summed E-state index contributed by atoms with van der Waals surface area (Å²) in [4.78, 5) is 10.9. The Labute approximate surface area is 101 Å². The molecule has 0 heterocycles. The van der Waals surface area contributed by atoms with Gasteiger partial charge in [-0.1, -0.05) is 12.1 Å². The summed E-state index contributed by atoms with van der Waals surface area (Å²) in [6.45, 7) is -0.527. The summed E-state index contributed by atoms with van der Waals surface area (Å²) in [6.07, 6.45) is -4.23. The number of carboxylic acids is 1. The van der Waals surface area contributed by atoms with Gasteiger partial charge in [-0.3, -0.25) is 0 Å². The number of benzene rings is 1. The number of hydrogen-bond acceptors (Lipinski definition) is 2. The van der Waals surface area contributed by atoms with Crippen LogP contribution in [0.4, 0.5) is 13.2 Å². The highest BCUT2D eigenvalue weighted by Crippen LogP contribution is 2.57. The Kier molecular flexibility index (Phi) is 2.96. The molecule has 0 saturated heterocycles. The molecular formula is C12H11F3O3. The zero-order chi connectivity index (χ0) is 13.4. The number of halogens is 3. The van der Waals surface area contributed by atoms with Crippen molar-refractivity contribution in [3.63, 3.8) is 0 Å². The number of para-hydroxylation sites is 1. The highest BCUT2D eigenvalue weighted by Gasteiger charge is 2.63. The molecule has 6 heteroatoms. The lowest BCUT2D eigenvalue weighted by atomic mass is 10.1. The third-order valence-electron chi connectivity index (χ3n) is 3.08. The molecule has 1 aliphatic rings. The summed E-state index contributed by atoms with van der Waals surface area (Å²) in [5, 5.41) is 8.87. The first-order valence-electron chi connectivity index (χ1n) is 5.38. The van der Waals surface area contributed by atoms with Gasteiger partial charge in [0.15, 0.2) is 0 Å². The van der Waals surface area contributed by atoms with Gasteiger partial charge >= 0.3 is 12.1 Å². The van der Waals surface area contributed by atoms with Crippen molar-refractivity contribution < 1.29 is 27.8 Å². The van der Waals surface area contributed by atoms with Crippen LogP contribution in [0, 0.1) is 5.41 Å². The van der Waals surface area contributed by atoms with Crippen LogP contribution in [0.15, 0.2) is 24.3 Å². The van der Waals surface area contributed by atoms with Gasteiger partial charge in [-0.05, 0) is 25.0 Å². The lowest BCUT2D eigenvalue weighted by molar-refractivity contribution is -0.194. The van der Waals surface area contributed by atoms with E-state index in [1.54, 1.807) is 0 Å². The van der Waals surface area contributed by atoms with E-state index >= 15 is 0 Å². The molecule has 0 atom stereocenters. The van der Waals surface area contributed by atoms with Gasteiger partial charge in [0.05, 0.1) is 0 Å². The Balaban J connectivity index is 2.10. The van der Waals surface area contributed by atoms with Crippen LogP contribution in [-0.2, 0) is 0 Å². The zero-order valence-corrected chi connectivity index (χ0v) is 9.33. The monoisotopic (exact) mass is 260 g/mol. The van der Waals surface area contributed by atoms with Crippen LogP contribution in [0.5, 0.6) is 5.75 Å². The van der Waals surface area contributed by atoms with Crippen molar-refractivity contribution in [2.45, 2.75) is 19.0 Å². The Morgan fingerprint density at radius 1 is 1.33 bits per heavy atom. The summed E-state index contributed by atoms with van der Waals surface area (Å²) in [5.41, 5.74) is -1.92. The standard InChI is InChI=1S/C12H11F3O3/c13-12(14,15)11(5-6-11)7-18-9-4-2-1-3-8(9)10(16)17/h1-4H,5-7H2,(H,16,17). The van der Waals surface area contributed by atoms with Crippen molar-refractivity contribution in [2.24, 2.45) is 5.41 Å². The summed E-state index contributed by atoms with van der Waals surface area (Å²) < 4.78 is 43.0. The number of alkyl halides is 3. The molecule has 1 aromatic carbocycles. The van der Waals surface area contributed by atoms with E-state index in [4.69, 9.17) is 9.84 Å². The van der Waals surface area contributed by atoms with E-state index in [0.717, 1.165) is 0 Å². The van der Waals surface area contributed by atoms with Crippen LogP contribution in [0.1, 0.15) is 23.2 Å². The maximum absolute atomic E-state index is 12.7. The fraction of sp³-hybridized carbons (Fsp3) is 0.417. The van der Waals surface area contributed by atoms with Crippen LogP contribution >= 0.6 is 0 Å². The van der Waals surface area contributed by atoms with Gasteiger partial charge in [0.25, 0.3) is 0 Å². The fourth-order valence-corrected chi connectivity index (χ4v) is 1.65. The molecule has 0 aliphatic heterocycles. The van der Waals surface area contributed by atoms with Gasteiger partial charge in [0, 0.05) is 0 Å². The molecule has 0 amide bonds. The number of carboxylic acid groups (broad SMARTS) is 1. The first-order chi connectivity index (χ1) is 8.36. The van der Waals surface area contributed by atoms with Gasteiger partial charge in [0.1, 0.15) is 23.3 Å². The molecule has 1 aliphatic carbocycles. The summed E-state index contributed by atoms with van der Waals surface area (Å²) in [5.74, 6) is -1.25. The molecule has 98 valence electrons. The molecular weight excluding hydrogens is 249 g/mol. The smallest absolute Gasteiger partial charge is 0.397 e. The highest BCUT2D eigenvalue weighted by molar-refractivity contribution is 5.90. The van der Waals surface area contributed by atoms with E-state index in [0.29, 0.717) is 0 Å². The molecule has 3 nitrogen and oxygen atoms in total. The largest absolute Gasteiger partial charge is 0.492 e. The number of rotatable bonds is 4. The van der Waals surface area contributed by atoms with Crippen molar-refractivity contribution in [1.29, 1.82) is 0 Å². The Bertz CT molecular complexity index is 464. The minimum Gasteiger partial charge on any atom is -0.492 e. The van der Waals surface area contributed by atoms with Crippen LogP contribution in [0.2, 0.25) is 0 Å². The third-order valence-corrected chi connectivity index (χ3v) is 3.08. The quantitative estimate of drug-likeness (QED) is 0.904. The van der Waals surface area contributed by atoms with Gasteiger partial charge in [-0.25, -0.2) is 4.79 Å². The first kappa shape index (κ1) is 12.7. The van der Waals surface area contributed by atoms with Crippen molar-refractivity contribution in [2.75, 3.05) is 6.61 Å². The fourth-order valence-electron chi connectivity index (χ4n) is 1.65. The molecule has 2 rings (SSSR count). The first-order valence-corrected chi connectivity index (χ1v) is 5.38. The molecule has 0 bridgehead atoms. The molecule has 1 aromatic rings. The SMILES string of the molecule is O=C(O)c1ccccc1OCC1(C(F)(F)F)CC1. The average molecular weight is 260 g/mol. The highest BCUT2D eigenvalue weighted by atomic mass is 19.4. The predicted molar refractivity (Wildman–Crippen MR) is 56.6 cm³/mol. The average Bonchev–Trinajstić information content (AvgIpc) is 3.07. The van der Waals surface area contributed by atoms with Gasteiger partial charge in [-0.2, -0.15) is 13.2 Å². The van der Waals surface area contributed by atoms with E-state index < -0.39 is 24.2 Å². The van der Waals surface area contributed by atoms with Gasteiger partial charge in [-0.15, -0.1) is 0 Å². The normalized spacial score (nSPS) is 17.3. The van der Waals surface area contributed by atoms with E-state index in [-0.39, 0.29) is 24.2 Å². The number of ether oxygens (including phenoxy) is 1. The van der Waals surface area contributed by atoms with E-state index in [1.165, 1.54) is 24.3 Å². The maximum atomic E-state index is 12.7. The Morgan fingerprint density at radius 3 is 2.44 bits per heavy atom. The Hall–Kier alpha value is -1.72. The molecule has 0 unspecified atom stereocenters. The molecule has 0 spiro atoms. The summed E-state index contributed by atoms with van der Waals surface area (Å²) >= 11 is 0. The van der Waals surface area contributed by atoms with Crippen LogP contribution < -0.4 is 4.74 Å². The van der Waals surface area contributed by atoms with Crippen LogP contribution in [-0.4, -0.2) is 23.9 Å². The topological polar surface area (TPSA) is 46.5 Å². The number of hydrogen-bond donors (Lipinski definition) is 1. The molecule has 1 fully saturated rings. The van der Waals surface area contributed by atoms with Crippen LogP contribution in [0.3, 0.4) is 0 Å². The van der Waals surface area contributed by atoms with Gasteiger partial charge in [0.2, 0.25) is 0 Å². The van der Waals surface area contributed by atoms with E-state index in [9.17, 15) is 18.0 Å². The van der Waals surface area contributed by atoms with Crippen molar-refractivity contribution in [1.82, 2.24) is 0 Å². The molecule has 1 N–H and O–H groups in total. The Morgan fingerprint density at radius 2 is 1.94 bits per heavy atom. The summed E-state index contributed by atoms with van der Waals surface area (Å²) in [6, 6.07) is 5.67. The second-order valence-electron chi connectivity index (χ2n) is 4.37. The van der Waals surface area contributed by atoms with Crippen LogP contribution in [0.25, 0.3) is 0 Å². The zero-order valence-electron chi connectivity index (χ0n) is 9.33. The third kappa shape index (κ3) is 2.27.